The van der Waals surface area contributed by atoms with Crippen LogP contribution in [0.15, 0.2) is 58.2 Å². The Kier molecular flexibility index (Phi) is 7.46. The number of anilines is 2. The quantitative estimate of drug-likeness (QED) is 0.375. The number of carbonyl (C=O) groups is 2. The molecule has 2 aromatic carbocycles. The third kappa shape index (κ3) is 5.73. The number of hydrogen-bond acceptors (Lipinski definition) is 7. The van der Waals surface area contributed by atoms with Gasteiger partial charge in [0.2, 0.25) is 11.8 Å². The Balaban J connectivity index is 1.63. The fourth-order valence-electron chi connectivity index (χ4n) is 3.04. The number of benzene rings is 2. The predicted molar refractivity (Wildman–Crippen MR) is 124 cm³/mol. The summed E-state index contributed by atoms with van der Waals surface area (Å²) in [6.07, 6.45) is 0. The van der Waals surface area contributed by atoms with E-state index in [0.717, 1.165) is 24.3 Å². The van der Waals surface area contributed by atoms with Crippen LogP contribution in [0.4, 0.5) is 11.4 Å². The van der Waals surface area contributed by atoms with Crippen LogP contribution in [0.1, 0.15) is 38.1 Å². The average molecular weight is 439 g/mol. The molecule has 7 nitrogen and oxygen atoms in total. The van der Waals surface area contributed by atoms with Gasteiger partial charge in [0.25, 0.3) is 5.22 Å². The second kappa shape index (κ2) is 10.3. The average Bonchev–Trinajstić information content (AvgIpc) is 3.23. The van der Waals surface area contributed by atoms with Crippen LogP contribution in [0.3, 0.4) is 0 Å². The minimum atomic E-state index is -0.459. The smallest absolute Gasteiger partial charge is 0.277 e. The summed E-state index contributed by atoms with van der Waals surface area (Å²) in [5, 5.41) is 10.8. The van der Waals surface area contributed by atoms with Crippen molar-refractivity contribution in [2.75, 3.05) is 23.3 Å². The van der Waals surface area contributed by atoms with Gasteiger partial charge < -0.3 is 14.6 Å². The topological polar surface area (TPSA) is 88.3 Å². The molecule has 3 rings (SSSR count). The van der Waals surface area contributed by atoms with Crippen LogP contribution in [0.2, 0.25) is 0 Å². The molecule has 1 amide bonds. The fraction of sp³-hybridized carbons (Fsp3) is 0.304. The SMILES string of the molecule is CCN(CC)c1ccc(-c2nnc(SC(C)C(=O)Nc3cccc(C(C)=O)c3)o2)cc1. The number of nitrogens with one attached hydrogen (secondary N) is 1. The van der Waals surface area contributed by atoms with Gasteiger partial charge in [0, 0.05) is 35.6 Å². The van der Waals surface area contributed by atoms with E-state index in [1.807, 2.05) is 24.3 Å². The lowest BCUT2D eigenvalue weighted by atomic mass is 10.1. The normalized spacial score (nSPS) is 11.7. The van der Waals surface area contributed by atoms with Gasteiger partial charge in [-0.1, -0.05) is 23.9 Å². The Morgan fingerprint density at radius 2 is 1.81 bits per heavy atom. The number of amides is 1. The summed E-state index contributed by atoms with van der Waals surface area (Å²) >= 11 is 1.18. The molecule has 8 heteroatoms. The van der Waals surface area contributed by atoms with Gasteiger partial charge in [0.1, 0.15) is 0 Å². The number of carbonyl (C=O) groups excluding carboxylic acids is 2. The second-order valence-electron chi connectivity index (χ2n) is 6.98. The molecule has 3 aromatic rings. The first-order chi connectivity index (χ1) is 14.9. The van der Waals surface area contributed by atoms with Gasteiger partial charge in [-0.2, -0.15) is 0 Å². The second-order valence-corrected chi connectivity index (χ2v) is 8.27. The molecule has 0 aliphatic carbocycles. The Morgan fingerprint density at radius 1 is 1.10 bits per heavy atom. The van der Waals surface area contributed by atoms with E-state index in [1.165, 1.54) is 18.7 Å². The van der Waals surface area contributed by atoms with Gasteiger partial charge in [0.15, 0.2) is 5.78 Å². The molecule has 162 valence electrons. The maximum atomic E-state index is 12.5. The molecule has 0 radical (unpaired) electrons. The highest BCUT2D eigenvalue weighted by molar-refractivity contribution is 8.00. The molecule has 1 aromatic heterocycles. The van der Waals surface area contributed by atoms with Gasteiger partial charge in [-0.3, -0.25) is 9.59 Å². The highest BCUT2D eigenvalue weighted by Gasteiger charge is 2.19. The standard InChI is InChI=1S/C23H26N4O3S/c1-5-27(6-2)20-12-10-17(11-13-20)22-25-26-23(30-22)31-16(4)21(29)24-19-9-7-8-18(14-19)15(3)28/h7-14,16H,5-6H2,1-4H3,(H,24,29). The molecule has 0 saturated heterocycles. The number of nitrogens with zero attached hydrogens (tertiary/aromatic N) is 3. The van der Waals surface area contributed by atoms with E-state index in [9.17, 15) is 9.59 Å². The highest BCUT2D eigenvalue weighted by Crippen LogP contribution is 2.28. The molecule has 0 bridgehead atoms. The lowest BCUT2D eigenvalue weighted by molar-refractivity contribution is -0.115. The van der Waals surface area contributed by atoms with Crippen molar-refractivity contribution < 1.29 is 14.0 Å². The van der Waals surface area contributed by atoms with Crippen LogP contribution in [0, 0.1) is 0 Å². The molecule has 1 N–H and O–H groups in total. The first-order valence-electron chi connectivity index (χ1n) is 10.2. The van der Waals surface area contributed by atoms with Gasteiger partial charge >= 0.3 is 0 Å². The van der Waals surface area contributed by atoms with E-state index in [4.69, 9.17) is 4.42 Å². The number of rotatable bonds is 9. The number of thioether (sulfide) groups is 1. The minimum Gasteiger partial charge on any atom is -0.411 e. The third-order valence-corrected chi connectivity index (χ3v) is 5.77. The lowest BCUT2D eigenvalue weighted by Crippen LogP contribution is -2.22. The largest absolute Gasteiger partial charge is 0.411 e. The summed E-state index contributed by atoms with van der Waals surface area (Å²) in [5.41, 5.74) is 3.09. The maximum Gasteiger partial charge on any atom is 0.277 e. The minimum absolute atomic E-state index is 0.0537. The zero-order valence-corrected chi connectivity index (χ0v) is 18.9. The van der Waals surface area contributed by atoms with Crippen LogP contribution in [0.25, 0.3) is 11.5 Å². The molecule has 31 heavy (non-hydrogen) atoms. The Hall–Kier alpha value is -3.13. The molecule has 0 fully saturated rings. The van der Waals surface area contributed by atoms with E-state index in [2.05, 4.69) is 34.3 Å². The van der Waals surface area contributed by atoms with Crippen LogP contribution in [-0.2, 0) is 4.79 Å². The van der Waals surface area contributed by atoms with Gasteiger partial charge in [0.05, 0.1) is 5.25 Å². The summed E-state index contributed by atoms with van der Waals surface area (Å²) in [7, 11) is 0. The number of Topliss-reactive ketones (excluding diaryl/α,β-unsaturated/α-hetero) is 1. The van der Waals surface area contributed by atoms with Crippen molar-refractivity contribution in [1.29, 1.82) is 0 Å². The van der Waals surface area contributed by atoms with Crippen LogP contribution < -0.4 is 10.2 Å². The summed E-state index contributed by atoms with van der Waals surface area (Å²) in [4.78, 5) is 26.3. The van der Waals surface area contributed by atoms with E-state index in [1.54, 1.807) is 31.2 Å². The number of hydrogen-bond donors (Lipinski definition) is 1. The molecule has 1 heterocycles. The van der Waals surface area contributed by atoms with Gasteiger partial charge in [-0.15, -0.1) is 10.2 Å². The van der Waals surface area contributed by atoms with Gasteiger partial charge in [-0.25, -0.2) is 0 Å². The van der Waals surface area contributed by atoms with Crippen molar-refractivity contribution in [3.05, 3.63) is 54.1 Å². The zero-order valence-electron chi connectivity index (χ0n) is 18.1. The zero-order chi connectivity index (χ0) is 22.4. The van der Waals surface area contributed by atoms with E-state index < -0.39 is 5.25 Å². The predicted octanol–water partition coefficient (Wildman–Crippen LogP) is 4.90. The van der Waals surface area contributed by atoms with Crippen molar-refractivity contribution >= 4 is 34.8 Å². The fourth-order valence-corrected chi connectivity index (χ4v) is 3.73. The molecular formula is C23H26N4O3S. The summed E-state index contributed by atoms with van der Waals surface area (Å²) < 4.78 is 5.75. The molecule has 0 spiro atoms. The molecular weight excluding hydrogens is 412 g/mol. The van der Waals surface area contributed by atoms with Crippen molar-refractivity contribution in [1.82, 2.24) is 10.2 Å². The van der Waals surface area contributed by atoms with Crippen LogP contribution >= 0.6 is 11.8 Å². The summed E-state index contributed by atoms with van der Waals surface area (Å²) in [6.45, 7) is 9.38. The van der Waals surface area contributed by atoms with E-state index in [-0.39, 0.29) is 11.7 Å². The molecule has 1 atom stereocenters. The summed E-state index contributed by atoms with van der Waals surface area (Å²) in [6, 6.07) is 14.8. The summed E-state index contributed by atoms with van der Waals surface area (Å²) in [5.74, 6) is 0.145. The monoisotopic (exact) mass is 438 g/mol. The molecule has 1 unspecified atom stereocenters. The maximum absolute atomic E-state index is 12.5. The third-order valence-electron chi connectivity index (χ3n) is 4.83. The number of aromatic nitrogens is 2. The first kappa shape index (κ1) is 22.6. The first-order valence-corrected chi connectivity index (χ1v) is 11.1. The molecule has 0 aliphatic rings. The Labute approximate surface area is 186 Å². The van der Waals surface area contributed by atoms with Crippen molar-refractivity contribution in [3.63, 3.8) is 0 Å². The Morgan fingerprint density at radius 3 is 2.45 bits per heavy atom. The lowest BCUT2D eigenvalue weighted by Gasteiger charge is -2.20. The van der Waals surface area contributed by atoms with Gasteiger partial charge in [-0.05, 0) is 64.1 Å². The van der Waals surface area contributed by atoms with Crippen molar-refractivity contribution in [2.24, 2.45) is 0 Å². The Bertz CT molecular complexity index is 1040. The molecule has 0 saturated carbocycles. The number of ketones is 1. The highest BCUT2D eigenvalue weighted by atomic mass is 32.2. The van der Waals surface area contributed by atoms with Crippen LogP contribution in [0.5, 0.6) is 0 Å². The van der Waals surface area contributed by atoms with E-state index in [0.29, 0.717) is 22.4 Å². The molecule has 0 aliphatic heterocycles. The van der Waals surface area contributed by atoms with Crippen molar-refractivity contribution in [3.8, 4) is 11.5 Å². The van der Waals surface area contributed by atoms with E-state index >= 15 is 0 Å². The van der Waals surface area contributed by atoms with Crippen molar-refractivity contribution in [2.45, 2.75) is 38.2 Å². The van der Waals surface area contributed by atoms with Crippen LogP contribution in [-0.4, -0.2) is 40.2 Å².